The van der Waals surface area contributed by atoms with E-state index >= 15 is 0 Å². The molecule has 0 heterocycles. The van der Waals surface area contributed by atoms with E-state index < -0.39 is 0 Å². The molecule has 14 heavy (non-hydrogen) atoms. The zero-order chi connectivity index (χ0) is 11.2. The summed E-state index contributed by atoms with van der Waals surface area (Å²) in [5, 5.41) is 0. The lowest BCUT2D eigenvalue weighted by molar-refractivity contribution is -0.150. The van der Waals surface area contributed by atoms with Gasteiger partial charge in [0.15, 0.2) is 0 Å². The fraction of sp³-hybridized carbons (Fsp3) is 0.727. The Morgan fingerprint density at radius 1 is 1.43 bits per heavy atom. The van der Waals surface area contributed by atoms with Crippen molar-refractivity contribution >= 4 is 5.97 Å². The fourth-order valence-electron chi connectivity index (χ4n) is 0.724. The second-order valence-corrected chi connectivity index (χ2v) is 4.42. The highest BCUT2D eigenvalue weighted by molar-refractivity contribution is 5.87. The largest absolute Gasteiger partial charge is 0.366 e. The summed E-state index contributed by atoms with van der Waals surface area (Å²) in [7, 11) is 0. The van der Waals surface area contributed by atoms with Crippen LogP contribution in [0.1, 0.15) is 47.5 Å². The SMILES string of the molecule is CCCC=C(C)C(=O)ONC(C)(C)C. The van der Waals surface area contributed by atoms with Crippen molar-refractivity contribution in [3.63, 3.8) is 0 Å². The molecule has 0 aromatic carbocycles. The van der Waals surface area contributed by atoms with Crippen LogP contribution in [-0.2, 0) is 9.63 Å². The highest BCUT2D eigenvalue weighted by Gasteiger charge is 2.13. The summed E-state index contributed by atoms with van der Waals surface area (Å²) >= 11 is 0. The number of hydrogen-bond donors (Lipinski definition) is 1. The Bertz CT molecular complexity index is 214. The lowest BCUT2D eigenvalue weighted by atomic mass is 10.1. The topological polar surface area (TPSA) is 38.3 Å². The van der Waals surface area contributed by atoms with Crippen LogP contribution >= 0.6 is 0 Å². The van der Waals surface area contributed by atoms with Gasteiger partial charge in [0, 0.05) is 11.1 Å². The third kappa shape index (κ3) is 6.66. The van der Waals surface area contributed by atoms with E-state index in [1.54, 1.807) is 6.92 Å². The molecule has 0 aliphatic rings. The van der Waals surface area contributed by atoms with Crippen LogP contribution in [0, 0.1) is 0 Å². The second-order valence-electron chi connectivity index (χ2n) is 4.42. The van der Waals surface area contributed by atoms with Crippen LogP contribution < -0.4 is 5.48 Å². The minimum atomic E-state index is -0.298. The summed E-state index contributed by atoms with van der Waals surface area (Å²) in [4.78, 5) is 16.3. The summed E-state index contributed by atoms with van der Waals surface area (Å²) in [6.07, 6.45) is 3.85. The van der Waals surface area contributed by atoms with Gasteiger partial charge in [0.2, 0.25) is 0 Å². The second kappa shape index (κ2) is 5.81. The first-order valence-electron chi connectivity index (χ1n) is 5.02. The van der Waals surface area contributed by atoms with Crippen molar-refractivity contribution in [3.8, 4) is 0 Å². The van der Waals surface area contributed by atoms with E-state index in [1.165, 1.54) is 0 Å². The number of hydroxylamine groups is 1. The number of rotatable bonds is 4. The molecule has 0 fully saturated rings. The van der Waals surface area contributed by atoms with Gasteiger partial charge in [-0.05, 0) is 34.1 Å². The maximum absolute atomic E-state index is 11.3. The molecule has 0 spiro atoms. The number of carbonyl (C=O) groups is 1. The Kier molecular flexibility index (Phi) is 5.46. The minimum Gasteiger partial charge on any atom is -0.366 e. The van der Waals surface area contributed by atoms with Crippen LogP contribution in [0.5, 0.6) is 0 Å². The monoisotopic (exact) mass is 199 g/mol. The third-order valence-corrected chi connectivity index (χ3v) is 1.51. The lowest BCUT2D eigenvalue weighted by Gasteiger charge is -2.19. The van der Waals surface area contributed by atoms with E-state index in [-0.39, 0.29) is 11.5 Å². The van der Waals surface area contributed by atoms with Crippen molar-refractivity contribution in [2.24, 2.45) is 0 Å². The molecule has 0 amide bonds. The molecule has 0 aromatic rings. The number of carbonyl (C=O) groups excluding carboxylic acids is 1. The molecule has 0 atom stereocenters. The molecule has 0 aromatic heterocycles. The van der Waals surface area contributed by atoms with Crippen LogP contribution in [0.25, 0.3) is 0 Å². The lowest BCUT2D eigenvalue weighted by Crippen LogP contribution is -2.37. The molecular formula is C11H21NO2. The molecule has 0 aliphatic heterocycles. The van der Waals surface area contributed by atoms with Crippen molar-refractivity contribution in [2.75, 3.05) is 0 Å². The average molecular weight is 199 g/mol. The Balaban J connectivity index is 3.97. The van der Waals surface area contributed by atoms with E-state index in [0.717, 1.165) is 12.8 Å². The van der Waals surface area contributed by atoms with E-state index in [2.05, 4.69) is 12.4 Å². The Hall–Kier alpha value is -0.830. The van der Waals surface area contributed by atoms with E-state index in [0.29, 0.717) is 5.57 Å². The average Bonchev–Trinajstić information content (AvgIpc) is 2.09. The molecule has 0 rings (SSSR count). The summed E-state index contributed by atoms with van der Waals surface area (Å²) in [6.45, 7) is 9.65. The highest BCUT2D eigenvalue weighted by Crippen LogP contribution is 2.03. The summed E-state index contributed by atoms with van der Waals surface area (Å²) < 4.78 is 0. The zero-order valence-corrected chi connectivity index (χ0v) is 9.81. The van der Waals surface area contributed by atoms with Gasteiger partial charge in [-0.3, -0.25) is 0 Å². The Morgan fingerprint density at radius 2 is 2.00 bits per heavy atom. The van der Waals surface area contributed by atoms with Crippen LogP contribution in [0.4, 0.5) is 0 Å². The molecular weight excluding hydrogens is 178 g/mol. The Morgan fingerprint density at radius 3 is 2.43 bits per heavy atom. The molecule has 3 heteroatoms. The maximum atomic E-state index is 11.3. The first-order chi connectivity index (χ1) is 6.37. The molecule has 1 N–H and O–H groups in total. The standard InChI is InChI=1S/C11H21NO2/c1-6-7-8-9(2)10(13)14-12-11(3,4)5/h8,12H,6-7H2,1-5H3. The van der Waals surface area contributed by atoms with Crippen molar-refractivity contribution in [2.45, 2.75) is 53.0 Å². The molecule has 0 radical (unpaired) electrons. The van der Waals surface area contributed by atoms with Gasteiger partial charge in [0.1, 0.15) is 0 Å². The summed E-state index contributed by atoms with van der Waals surface area (Å²) in [6, 6.07) is 0. The van der Waals surface area contributed by atoms with E-state index in [4.69, 9.17) is 4.84 Å². The molecule has 0 bridgehead atoms. The predicted octanol–water partition coefficient (Wildman–Crippen LogP) is 2.58. The molecule has 82 valence electrons. The number of allylic oxidation sites excluding steroid dienone is 1. The smallest absolute Gasteiger partial charge is 0.352 e. The molecule has 0 unspecified atom stereocenters. The highest BCUT2D eigenvalue weighted by atomic mass is 16.7. The van der Waals surface area contributed by atoms with Crippen LogP contribution in [0.2, 0.25) is 0 Å². The normalized spacial score (nSPS) is 12.8. The summed E-state index contributed by atoms with van der Waals surface area (Å²) in [5.41, 5.74) is 3.14. The van der Waals surface area contributed by atoms with Gasteiger partial charge in [-0.2, -0.15) is 0 Å². The van der Waals surface area contributed by atoms with Gasteiger partial charge in [-0.1, -0.05) is 19.4 Å². The number of unbranched alkanes of at least 4 members (excludes halogenated alkanes) is 1. The fourth-order valence-corrected chi connectivity index (χ4v) is 0.724. The molecule has 0 saturated heterocycles. The first-order valence-corrected chi connectivity index (χ1v) is 5.02. The van der Waals surface area contributed by atoms with Crippen molar-refractivity contribution in [3.05, 3.63) is 11.6 Å². The molecule has 0 saturated carbocycles. The number of nitrogens with one attached hydrogen (secondary N) is 1. The molecule has 3 nitrogen and oxygen atoms in total. The predicted molar refractivity (Wildman–Crippen MR) is 57.6 cm³/mol. The van der Waals surface area contributed by atoms with Gasteiger partial charge in [-0.25, -0.2) is 4.79 Å². The first kappa shape index (κ1) is 13.2. The molecule has 0 aliphatic carbocycles. The van der Waals surface area contributed by atoms with Gasteiger partial charge >= 0.3 is 5.97 Å². The van der Waals surface area contributed by atoms with Gasteiger partial charge in [0.05, 0.1) is 0 Å². The van der Waals surface area contributed by atoms with Crippen molar-refractivity contribution in [1.82, 2.24) is 5.48 Å². The van der Waals surface area contributed by atoms with Crippen LogP contribution in [0.15, 0.2) is 11.6 Å². The zero-order valence-electron chi connectivity index (χ0n) is 9.81. The van der Waals surface area contributed by atoms with Crippen LogP contribution in [0.3, 0.4) is 0 Å². The van der Waals surface area contributed by atoms with Crippen LogP contribution in [-0.4, -0.2) is 11.5 Å². The maximum Gasteiger partial charge on any atom is 0.352 e. The minimum absolute atomic E-state index is 0.208. The summed E-state index contributed by atoms with van der Waals surface area (Å²) in [5.74, 6) is -0.298. The Labute approximate surface area is 86.5 Å². The van der Waals surface area contributed by atoms with Gasteiger partial charge < -0.3 is 4.84 Å². The van der Waals surface area contributed by atoms with E-state index in [1.807, 2.05) is 26.8 Å². The van der Waals surface area contributed by atoms with Crippen molar-refractivity contribution < 1.29 is 9.63 Å². The quantitative estimate of drug-likeness (QED) is 0.558. The van der Waals surface area contributed by atoms with Crippen molar-refractivity contribution in [1.29, 1.82) is 0 Å². The third-order valence-electron chi connectivity index (χ3n) is 1.51. The van der Waals surface area contributed by atoms with Gasteiger partial charge in [-0.15, -0.1) is 5.48 Å². The van der Waals surface area contributed by atoms with Gasteiger partial charge in [0.25, 0.3) is 0 Å². The van der Waals surface area contributed by atoms with E-state index in [9.17, 15) is 4.79 Å². The number of hydrogen-bond acceptors (Lipinski definition) is 3.